The standard InChI is InChI=1S/C17H12Cl4N2/c18-12-2-1-11(15(20)7-12)5-6-23-9-17(22-10-23)14-4-3-13(19)8-16(14)21/h1-4,7-10H,5-6H2. The molecule has 0 N–H and O–H groups in total. The Morgan fingerprint density at radius 1 is 0.870 bits per heavy atom. The Labute approximate surface area is 154 Å². The Balaban J connectivity index is 1.74. The molecule has 0 spiro atoms. The third-order valence-electron chi connectivity index (χ3n) is 3.49. The van der Waals surface area contributed by atoms with Crippen molar-refractivity contribution in [3.63, 3.8) is 0 Å². The summed E-state index contributed by atoms with van der Waals surface area (Å²) in [5.41, 5.74) is 2.73. The van der Waals surface area contributed by atoms with Gasteiger partial charge in [-0.25, -0.2) is 4.98 Å². The molecule has 3 aromatic rings. The van der Waals surface area contributed by atoms with Crippen LogP contribution in [0.5, 0.6) is 0 Å². The minimum atomic E-state index is 0.587. The Morgan fingerprint density at radius 2 is 1.57 bits per heavy atom. The van der Waals surface area contributed by atoms with Gasteiger partial charge in [-0.15, -0.1) is 0 Å². The Morgan fingerprint density at radius 3 is 2.26 bits per heavy atom. The molecule has 118 valence electrons. The number of aromatic nitrogens is 2. The zero-order valence-electron chi connectivity index (χ0n) is 11.9. The number of imidazole rings is 1. The number of hydrogen-bond donors (Lipinski definition) is 0. The van der Waals surface area contributed by atoms with Gasteiger partial charge in [0.25, 0.3) is 0 Å². The Kier molecular flexibility index (Phi) is 5.17. The van der Waals surface area contributed by atoms with Gasteiger partial charge in [0.2, 0.25) is 0 Å². The van der Waals surface area contributed by atoms with Gasteiger partial charge in [0.15, 0.2) is 0 Å². The van der Waals surface area contributed by atoms with Crippen molar-refractivity contribution in [2.24, 2.45) is 0 Å². The zero-order valence-corrected chi connectivity index (χ0v) is 15.0. The summed E-state index contributed by atoms with van der Waals surface area (Å²) in [4.78, 5) is 4.41. The monoisotopic (exact) mass is 384 g/mol. The minimum Gasteiger partial charge on any atom is -0.336 e. The minimum absolute atomic E-state index is 0.587. The van der Waals surface area contributed by atoms with Gasteiger partial charge in [-0.2, -0.15) is 0 Å². The quantitative estimate of drug-likeness (QED) is 0.507. The second kappa shape index (κ2) is 7.14. The van der Waals surface area contributed by atoms with Crippen molar-refractivity contribution >= 4 is 46.4 Å². The summed E-state index contributed by atoms with van der Waals surface area (Å²) >= 11 is 24.2. The third kappa shape index (κ3) is 4.02. The maximum Gasteiger partial charge on any atom is 0.0953 e. The van der Waals surface area contributed by atoms with E-state index in [2.05, 4.69) is 4.98 Å². The summed E-state index contributed by atoms with van der Waals surface area (Å²) in [6, 6.07) is 10.9. The molecule has 0 fully saturated rings. The van der Waals surface area contributed by atoms with E-state index in [1.165, 1.54) is 0 Å². The summed E-state index contributed by atoms with van der Waals surface area (Å²) < 4.78 is 2.01. The largest absolute Gasteiger partial charge is 0.336 e. The van der Waals surface area contributed by atoms with Gasteiger partial charge in [-0.05, 0) is 42.3 Å². The predicted octanol–water partition coefficient (Wildman–Crippen LogP) is 6.41. The first-order valence-electron chi connectivity index (χ1n) is 6.94. The summed E-state index contributed by atoms with van der Waals surface area (Å²) in [7, 11) is 0. The lowest BCUT2D eigenvalue weighted by molar-refractivity contribution is 0.696. The first-order chi connectivity index (χ1) is 11.0. The molecular weight excluding hydrogens is 374 g/mol. The van der Waals surface area contributed by atoms with Crippen LogP contribution in [-0.4, -0.2) is 9.55 Å². The molecule has 0 saturated heterocycles. The summed E-state index contributed by atoms with van der Waals surface area (Å²) in [5.74, 6) is 0. The molecule has 0 aliphatic rings. The van der Waals surface area contributed by atoms with Crippen LogP contribution in [0.2, 0.25) is 20.1 Å². The first-order valence-corrected chi connectivity index (χ1v) is 8.45. The lowest BCUT2D eigenvalue weighted by atomic mass is 10.1. The molecule has 0 atom stereocenters. The molecule has 0 amide bonds. The number of rotatable bonds is 4. The van der Waals surface area contributed by atoms with Crippen molar-refractivity contribution in [2.45, 2.75) is 13.0 Å². The number of nitrogens with zero attached hydrogens (tertiary/aromatic N) is 2. The van der Waals surface area contributed by atoms with Gasteiger partial charge in [-0.1, -0.05) is 52.5 Å². The van der Waals surface area contributed by atoms with Crippen LogP contribution in [0.15, 0.2) is 48.9 Å². The maximum absolute atomic E-state index is 6.22. The highest BCUT2D eigenvalue weighted by molar-refractivity contribution is 6.36. The number of aryl methyl sites for hydroxylation is 2. The average Bonchev–Trinajstić information content (AvgIpc) is 2.95. The van der Waals surface area contributed by atoms with Crippen molar-refractivity contribution < 1.29 is 0 Å². The molecular formula is C17H12Cl4N2. The van der Waals surface area contributed by atoms with E-state index in [1.807, 2.05) is 29.0 Å². The van der Waals surface area contributed by atoms with E-state index in [0.717, 1.165) is 29.8 Å². The molecule has 2 aromatic carbocycles. The van der Waals surface area contributed by atoms with E-state index in [0.29, 0.717) is 20.1 Å². The van der Waals surface area contributed by atoms with Gasteiger partial charge in [0, 0.05) is 33.4 Å². The van der Waals surface area contributed by atoms with Crippen LogP contribution in [-0.2, 0) is 13.0 Å². The highest BCUT2D eigenvalue weighted by Gasteiger charge is 2.08. The number of halogens is 4. The molecule has 3 rings (SSSR count). The van der Waals surface area contributed by atoms with Crippen molar-refractivity contribution in [3.8, 4) is 11.3 Å². The molecule has 0 bridgehead atoms. The normalized spacial score (nSPS) is 11.0. The van der Waals surface area contributed by atoms with Crippen LogP contribution in [0, 0.1) is 0 Å². The van der Waals surface area contributed by atoms with E-state index in [4.69, 9.17) is 46.4 Å². The van der Waals surface area contributed by atoms with Crippen LogP contribution in [0.1, 0.15) is 5.56 Å². The molecule has 23 heavy (non-hydrogen) atoms. The van der Waals surface area contributed by atoms with Gasteiger partial charge >= 0.3 is 0 Å². The molecule has 0 aliphatic heterocycles. The van der Waals surface area contributed by atoms with Crippen molar-refractivity contribution in [1.82, 2.24) is 9.55 Å². The average molecular weight is 386 g/mol. The fraction of sp³-hybridized carbons (Fsp3) is 0.118. The number of benzene rings is 2. The lowest BCUT2D eigenvalue weighted by Crippen LogP contribution is -1.99. The van der Waals surface area contributed by atoms with Crippen molar-refractivity contribution in [3.05, 3.63) is 74.6 Å². The molecule has 0 aliphatic carbocycles. The third-order valence-corrected chi connectivity index (χ3v) is 4.63. The topological polar surface area (TPSA) is 17.8 Å². The smallest absolute Gasteiger partial charge is 0.0953 e. The van der Waals surface area contributed by atoms with Crippen LogP contribution in [0.3, 0.4) is 0 Å². The first kappa shape index (κ1) is 16.7. The van der Waals surface area contributed by atoms with Gasteiger partial charge < -0.3 is 4.57 Å². The fourth-order valence-corrected chi connectivity index (χ4v) is 3.30. The van der Waals surface area contributed by atoms with E-state index in [-0.39, 0.29) is 0 Å². The lowest BCUT2D eigenvalue weighted by Gasteiger charge is -2.05. The molecule has 1 heterocycles. The van der Waals surface area contributed by atoms with Crippen LogP contribution >= 0.6 is 46.4 Å². The molecule has 0 radical (unpaired) electrons. The van der Waals surface area contributed by atoms with Gasteiger partial charge in [0.1, 0.15) is 0 Å². The van der Waals surface area contributed by atoms with E-state index >= 15 is 0 Å². The van der Waals surface area contributed by atoms with Crippen LogP contribution in [0.4, 0.5) is 0 Å². The highest BCUT2D eigenvalue weighted by atomic mass is 35.5. The molecule has 6 heteroatoms. The second-order valence-corrected chi connectivity index (χ2v) is 6.79. The number of hydrogen-bond acceptors (Lipinski definition) is 1. The van der Waals surface area contributed by atoms with Crippen molar-refractivity contribution in [2.75, 3.05) is 0 Å². The van der Waals surface area contributed by atoms with E-state index in [9.17, 15) is 0 Å². The summed E-state index contributed by atoms with van der Waals surface area (Å²) in [6.45, 7) is 0.763. The Bertz CT molecular complexity index is 842. The van der Waals surface area contributed by atoms with Crippen molar-refractivity contribution in [1.29, 1.82) is 0 Å². The molecule has 0 unspecified atom stereocenters. The summed E-state index contributed by atoms with van der Waals surface area (Å²) in [5, 5.41) is 2.51. The van der Waals surface area contributed by atoms with Gasteiger partial charge in [-0.3, -0.25) is 0 Å². The molecule has 0 saturated carbocycles. The maximum atomic E-state index is 6.22. The highest BCUT2D eigenvalue weighted by Crippen LogP contribution is 2.29. The van der Waals surface area contributed by atoms with Crippen LogP contribution < -0.4 is 0 Å². The van der Waals surface area contributed by atoms with E-state index < -0.39 is 0 Å². The predicted molar refractivity (Wildman–Crippen MR) is 97.8 cm³/mol. The van der Waals surface area contributed by atoms with Crippen LogP contribution in [0.25, 0.3) is 11.3 Å². The fourth-order valence-electron chi connectivity index (χ4n) is 2.29. The molecule has 2 nitrogen and oxygen atoms in total. The SMILES string of the molecule is Clc1ccc(CCn2cnc(-c3ccc(Cl)cc3Cl)c2)c(Cl)c1. The van der Waals surface area contributed by atoms with Gasteiger partial charge in [0.05, 0.1) is 17.0 Å². The molecule has 1 aromatic heterocycles. The second-order valence-electron chi connectivity index (χ2n) is 5.11. The summed E-state index contributed by atoms with van der Waals surface area (Å²) in [6.07, 6.45) is 4.53. The van der Waals surface area contributed by atoms with E-state index in [1.54, 1.807) is 24.5 Å². The Hall–Kier alpha value is -1.19. The zero-order chi connectivity index (χ0) is 16.4.